The monoisotopic (exact) mass is 266 g/mol. The molecule has 5 nitrogen and oxygen atoms in total. The highest BCUT2D eigenvalue weighted by molar-refractivity contribution is 5.54. The molecule has 5 heteroatoms. The van der Waals surface area contributed by atoms with Gasteiger partial charge in [0.2, 0.25) is 5.82 Å². The summed E-state index contributed by atoms with van der Waals surface area (Å²) in [5.41, 5.74) is 3.49. The van der Waals surface area contributed by atoms with E-state index in [1.807, 2.05) is 18.2 Å². The summed E-state index contributed by atoms with van der Waals surface area (Å²) in [5, 5.41) is 3.04. The molecule has 1 aromatic carbocycles. The number of nitrogens with zero attached hydrogens (tertiary/aromatic N) is 4. The number of imidazole rings is 1. The molecule has 3 rings (SSSR count). The molecule has 0 N–H and O–H groups in total. The zero-order valence-corrected chi connectivity index (χ0v) is 11.2. The van der Waals surface area contributed by atoms with Crippen LogP contribution in [0.25, 0.3) is 5.65 Å². The largest absolute Gasteiger partial charge is 0.278 e. The summed E-state index contributed by atoms with van der Waals surface area (Å²) in [6.07, 6.45) is 5.08. The molecule has 0 unspecified atom stereocenters. The van der Waals surface area contributed by atoms with Crippen LogP contribution in [0.5, 0.6) is 0 Å². The van der Waals surface area contributed by atoms with Crippen LogP contribution in [-0.2, 0) is 12.8 Å². The van der Waals surface area contributed by atoms with Crippen LogP contribution in [0, 0.1) is 11.8 Å². The van der Waals surface area contributed by atoms with E-state index in [1.165, 1.54) is 5.56 Å². The normalized spacial score (nSPS) is 10.8. The van der Waals surface area contributed by atoms with Gasteiger partial charge in [-0.3, -0.25) is 9.38 Å². The molecule has 20 heavy (non-hydrogen) atoms. The van der Waals surface area contributed by atoms with E-state index in [4.69, 9.17) is 0 Å². The fourth-order valence-electron chi connectivity index (χ4n) is 2.32. The van der Waals surface area contributed by atoms with Crippen molar-refractivity contribution in [3.63, 3.8) is 0 Å². The van der Waals surface area contributed by atoms with E-state index >= 15 is 0 Å². The first kappa shape index (κ1) is 12.5. The first-order valence-corrected chi connectivity index (χ1v) is 6.49. The lowest BCUT2D eigenvalue weighted by atomic mass is 10.1. The molecule has 0 amide bonds. The molecule has 0 radical (unpaired) electrons. The number of rotatable bonds is 4. The Balaban J connectivity index is 1.94. The second-order valence-corrected chi connectivity index (χ2v) is 4.67. The summed E-state index contributed by atoms with van der Waals surface area (Å²) in [6.45, 7) is 1.78. The first-order valence-electron chi connectivity index (χ1n) is 6.49. The Morgan fingerprint density at radius 1 is 1.20 bits per heavy atom. The molecule has 0 aliphatic heterocycles. The molecule has 0 fully saturated rings. The van der Waals surface area contributed by atoms with E-state index in [1.54, 1.807) is 23.7 Å². The molecule has 0 saturated heterocycles. The molecule has 0 aliphatic carbocycles. The fraction of sp³-hybridized carbons (Fsp3) is 0.200. The first-order chi connectivity index (χ1) is 9.79. The Hall–Kier alpha value is -2.56. The van der Waals surface area contributed by atoms with Crippen LogP contribution in [0.15, 0.2) is 47.9 Å². The van der Waals surface area contributed by atoms with Gasteiger partial charge in [-0.2, -0.15) is 0 Å². The minimum Gasteiger partial charge on any atom is -0.278 e. The molecule has 3 aromatic rings. The summed E-state index contributed by atoms with van der Waals surface area (Å²) in [7, 11) is 0. The summed E-state index contributed by atoms with van der Waals surface area (Å²) in [5.74, 6) is 0.350. The Morgan fingerprint density at radius 3 is 2.75 bits per heavy atom. The van der Waals surface area contributed by atoms with Crippen molar-refractivity contribution in [3.8, 4) is 0 Å². The van der Waals surface area contributed by atoms with Gasteiger partial charge in [-0.25, -0.2) is 4.98 Å². The van der Waals surface area contributed by atoms with Crippen LogP contribution in [0.1, 0.15) is 17.0 Å². The maximum absolute atomic E-state index is 10.9. The molecule has 0 atom stereocenters. The van der Waals surface area contributed by atoms with Crippen molar-refractivity contribution in [3.05, 3.63) is 64.6 Å². The average Bonchev–Trinajstić information content (AvgIpc) is 2.82. The third-order valence-corrected chi connectivity index (χ3v) is 3.34. The topological polar surface area (TPSA) is 59.6 Å². The predicted octanol–water partition coefficient (Wildman–Crippen LogP) is 3.22. The highest BCUT2D eigenvalue weighted by atomic mass is 16.3. The molecule has 0 saturated carbocycles. The molecule has 0 aliphatic rings. The standard InChI is InChI=1S/C15H14N4O/c1-11-14(18-20)19-10-9-16-13(15(19)17-11)8-7-12-5-3-2-4-6-12/h2-6,9-10H,7-8H2,1H3. The van der Waals surface area contributed by atoms with Crippen molar-refractivity contribution in [2.24, 2.45) is 5.18 Å². The Labute approximate surface area is 116 Å². The number of benzene rings is 1. The molecular formula is C15H14N4O. The molecular weight excluding hydrogens is 252 g/mol. The minimum absolute atomic E-state index is 0.350. The van der Waals surface area contributed by atoms with E-state index in [9.17, 15) is 4.91 Å². The summed E-state index contributed by atoms with van der Waals surface area (Å²) >= 11 is 0. The van der Waals surface area contributed by atoms with Crippen LogP contribution >= 0.6 is 0 Å². The lowest BCUT2D eigenvalue weighted by Crippen LogP contribution is -1.98. The van der Waals surface area contributed by atoms with E-state index in [0.717, 1.165) is 24.2 Å². The highest BCUT2D eigenvalue weighted by Gasteiger charge is 2.12. The van der Waals surface area contributed by atoms with Gasteiger partial charge in [0.05, 0.1) is 11.4 Å². The number of aryl methyl sites for hydroxylation is 3. The third kappa shape index (κ3) is 2.18. The number of hydrogen-bond acceptors (Lipinski definition) is 4. The molecule has 2 aromatic heterocycles. The van der Waals surface area contributed by atoms with Crippen LogP contribution in [-0.4, -0.2) is 14.4 Å². The Bertz CT molecular complexity index is 749. The van der Waals surface area contributed by atoms with Crippen molar-refractivity contribution in [1.82, 2.24) is 14.4 Å². The van der Waals surface area contributed by atoms with Gasteiger partial charge in [0.25, 0.3) is 0 Å². The zero-order valence-electron chi connectivity index (χ0n) is 11.2. The second kappa shape index (κ2) is 5.21. The second-order valence-electron chi connectivity index (χ2n) is 4.67. The lowest BCUT2D eigenvalue weighted by Gasteiger charge is -2.03. The quantitative estimate of drug-likeness (QED) is 0.681. The van der Waals surface area contributed by atoms with Gasteiger partial charge in [-0.05, 0) is 30.5 Å². The van der Waals surface area contributed by atoms with Crippen molar-refractivity contribution in [1.29, 1.82) is 0 Å². The van der Waals surface area contributed by atoms with Crippen molar-refractivity contribution >= 4 is 11.5 Å². The van der Waals surface area contributed by atoms with Gasteiger partial charge in [0, 0.05) is 12.4 Å². The Morgan fingerprint density at radius 2 is 2.00 bits per heavy atom. The number of nitroso groups, excluding NO2 is 1. The van der Waals surface area contributed by atoms with E-state index in [-0.39, 0.29) is 0 Å². The van der Waals surface area contributed by atoms with Gasteiger partial charge >= 0.3 is 0 Å². The maximum Gasteiger partial charge on any atom is 0.204 e. The average molecular weight is 266 g/mol. The van der Waals surface area contributed by atoms with Crippen LogP contribution in [0.2, 0.25) is 0 Å². The molecule has 100 valence electrons. The lowest BCUT2D eigenvalue weighted by molar-refractivity contribution is 0.901. The molecule has 2 heterocycles. The summed E-state index contributed by atoms with van der Waals surface area (Å²) < 4.78 is 1.70. The SMILES string of the molecule is Cc1nc2c(CCc3ccccc3)nccn2c1N=O. The van der Waals surface area contributed by atoms with Crippen LogP contribution < -0.4 is 0 Å². The van der Waals surface area contributed by atoms with Crippen LogP contribution in [0.4, 0.5) is 5.82 Å². The zero-order chi connectivity index (χ0) is 13.9. The van der Waals surface area contributed by atoms with E-state index in [0.29, 0.717) is 11.5 Å². The molecule has 0 bridgehead atoms. The van der Waals surface area contributed by atoms with E-state index < -0.39 is 0 Å². The number of aromatic nitrogens is 3. The van der Waals surface area contributed by atoms with Gasteiger partial charge in [0.1, 0.15) is 0 Å². The number of fused-ring (bicyclic) bond motifs is 1. The van der Waals surface area contributed by atoms with Crippen molar-refractivity contribution in [2.75, 3.05) is 0 Å². The predicted molar refractivity (Wildman–Crippen MR) is 77.0 cm³/mol. The molecule has 0 spiro atoms. The van der Waals surface area contributed by atoms with Crippen LogP contribution in [0.3, 0.4) is 0 Å². The highest BCUT2D eigenvalue weighted by Crippen LogP contribution is 2.22. The van der Waals surface area contributed by atoms with Gasteiger partial charge in [0.15, 0.2) is 5.65 Å². The third-order valence-electron chi connectivity index (χ3n) is 3.34. The van der Waals surface area contributed by atoms with Gasteiger partial charge in [-0.1, -0.05) is 30.3 Å². The van der Waals surface area contributed by atoms with Crippen molar-refractivity contribution in [2.45, 2.75) is 19.8 Å². The fourth-order valence-corrected chi connectivity index (χ4v) is 2.32. The minimum atomic E-state index is 0.350. The van der Waals surface area contributed by atoms with Crippen molar-refractivity contribution < 1.29 is 0 Å². The van der Waals surface area contributed by atoms with Gasteiger partial charge < -0.3 is 0 Å². The summed E-state index contributed by atoms with van der Waals surface area (Å²) in [4.78, 5) is 19.6. The van der Waals surface area contributed by atoms with Gasteiger partial charge in [-0.15, -0.1) is 4.91 Å². The van der Waals surface area contributed by atoms with E-state index in [2.05, 4.69) is 27.3 Å². The summed E-state index contributed by atoms with van der Waals surface area (Å²) in [6, 6.07) is 10.2. The maximum atomic E-state index is 10.9. The smallest absolute Gasteiger partial charge is 0.204 e. The number of hydrogen-bond donors (Lipinski definition) is 0. The Kier molecular flexibility index (Phi) is 3.25.